The Labute approximate surface area is 181 Å². The molecule has 2 unspecified atom stereocenters. The third kappa shape index (κ3) is 3.96. The predicted octanol–water partition coefficient (Wildman–Crippen LogP) is 3.88. The highest BCUT2D eigenvalue weighted by Gasteiger charge is 2.17. The maximum atomic E-state index is 12.1. The molecule has 2 atom stereocenters. The second-order valence-corrected chi connectivity index (χ2v) is 8.93. The van der Waals surface area contributed by atoms with Gasteiger partial charge >= 0.3 is 5.69 Å². The van der Waals surface area contributed by atoms with Crippen LogP contribution < -0.4 is 5.69 Å². The van der Waals surface area contributed by atoms with Crippen molar-refractivity contribution in [1.82, 2.24) is 38.9 Å². The van der Waals surface area contributed by atoms with Crippen LogP contribution in [0.15, 0.2) is 29.6 Å². The van der Waals surface area contributed by atoms with Crippen molar-refractivity contribution in [2.45, 2.75) is 78.3 Å². The lowest BCUT2D eigenvalue weighted by Gasteiger charge is -2.16. The SMILES string of the molecule is CC(CCC(C)c1ncc2c(cnn2C(C)C)n1)c1cnc2nc(=O)n(C(C)C)n2c1. The monoisotopic (exact) mass is 422 g/mol. The topological polar surface area (TPSA) is 95.8 Å². The largest absolute Gasteiger partial charge is 0.366 e. The molecule has 4 rings (SSSR count). The fourth-order valence-electron chi connectivity index (χ4n) is 3.91. The Bertz CT molecular complexity index is 1270. The second-order valence-electron chi connectivity index (χ2n) is 8.93. The van der Waals surface area contributed by atoms with Crippen LogP contribution in [0.4, 0.5) is 0 Å². The van der Waals surface area contributed by atoms with E-state index in [9.17, 15) is 4.79 Å². The fraction of sp³-hybridized carbons (Fsp3) is 0.545. The molecule has 164 valence electrons. The summed E-state index contributed by atoms with van der Waals surface area (Å²) in [5.74, 6) is 1.80. The van der Waals surface area contributed by atoms with Crippen LogP contribution in [0, 0.1) is 0 Å². The van der Waals surface area contributed by atoms with Gasteiger partial charge in [0.15, 0.2) is 0 Å². The first-order valence-corrected chi connectivity index (χ1v) is 10.9. The van der Waals surface area contributed by atoms with Crippen LogP contribution >= 0.6 is 0 Å². The van der Waals surface area contributed by atoms with E-state index in [2.05, 4.69) is 47.7 Å². The maximum Gasteiger partial charge on any atom is 0.366 e. The molecule has 0 radical (unpaired) electrons. The summed E-state index contributed by atoms with van der Waals surface area (Å²) in [5, 5.41) is 4.43. The van der Waals surface area contributed by atoms with E-state index >= 15 is 0 Å². The highest BCUT2D eigenvalue weighted by molar-refractivity contribution is 5.73. The lowest BCUT2D eigenvalue weighted by Crippen LogP contribution is -2.22. The van der Waals surface area contributed by atoms with E-state index in [1.54, 1.807) is 9.20 Å². The summed E-state index contributed by atoms with van der Waals surface area (Å²) in [7, 11) is 0. The third-order valence-electron chi connectivity index (χ3n) is 5.82. The van der Waals surface area contributed by atoms with Gasteiger partial charge in [-0.25, -0.2) is 28.9 Å². The lowest BCUT2D eigenvalue weighted by atomic mass is 9.93. The molecule has 0 N–H and O–H groups in total. The first-order valence-electron chi connectivity index (χ1n) is 10.9. The summed E-state index contributed by atoms with van der Waals surface area (Å²) in [5.41, 5.74) is 2.67. The molecule has 0 amide bonds. The number of rotatable bonds is 7. The van der Waals surface area contributed by atoms with Gasteiger partial charge in [0.2, 0.25) is 0 Å². The van der Waals surface area contributed by atoms with Crippen LogP contribution in [0.3, 0.4) is 0 Å². The Kier molecular flexibility index (Phi) is 5.60. The van der Waals surface area contributed by atoms with Gasteiger partial charge in [-0.2, -0.15) is 10.1 Å². The summed E-state index contributed by atoms with van der Waals surface area (Å²) >= 11 is 0. The van der Waals surface area contributed by atoms with E-state index in [4.69, 9.17) is 4.98 Å². The second kappa shape index (κ2) is 8.20. The quantitative estimate of drug-likeness (QED) is 0.448. The van der Waals surface area contributed by atoms with Gasteiger partial charge in [0, 0.05) is 24.4 Å². The molecule has 0 aliphatic carbocycles. The molecule has 4 aromatic heterocycles. The highest BCUT2D eigenvalue weighted by atomic mass is 16.2. The molecule has 4 aromatic rings. The first kappa shape index (κ1) is 21.1. The van der Waals surface area contributed by atoms with Gasteiger partial charge in [-0.3, -0.25) is 4.68 Å². The van der Waals surface area contributed by atoms with E-state index in [1.165, 1.54) is 0 Å². The van der Waals surface area contributed by atoms with Crippen molar-refractivity contribution in [2.75, 3.05) is 0 Å². The molecule has 0 bridgehead atoms. The van der Waals surface area contributed by atoms with Crippen LogP contribution in [0.2, 0.25) is 0 Å². The van der Waals surface area contributed by atoms with Gasteiger partial charge < -0.3 is 0 Å². The Hall–Kier alpha value is -3.10. The van der Waals surface area contributed by atoms with Crippen LogP contribution in [-0.2, 0) is 0 Å². The summed E-state index contributed by atoms with van der Waals surface area (Å²) in [6.07, 6.45) is 9.41. The molecule has 0 saturated heterocycles. The molecule has 4 heterocycles. The van der Waals surface area contributed by atoms with Crippen molar-refractivity contribution in [3.05, 3.63) is 46.7 Å². The average molecular weight is 423 g/mol. The van der Waals surface area contributed by atoms with Crippen LogP contribution in [0.25, 0.3) is 16.8 Å². The van der Waals surface area contributed by atoms with Crippen LogP contribution in [0.1, 0.15) is 89.7 Å². The third-order valence-corrected chi connectivity index (χ3v) is 5.82. The van der Waals surface area contributed by atoms with Crippen molar-refractivity contribution in [3.8, 4) is 0 Å². The predicted molar refractivity (Wildman–Crippen MR) is 119 cm³/mol. The molecular weight excluding hydrogens is 392 g/mol. The average Bonchev–Trinajstić information content (AvgIpc) is 3.30. The van der Waals surface area contributed by atoms with Gasteiger partial charge in [-0.1, -0.05) is 13.8 Å². The highest BCUT2D eigenvalue weighted by Crippen LogP contribution is 2.27. The molecule has 0 aromatic carbocycles. The number of hydrogen-bond acceptors (Lipinski definition) is 6. The van der Waals surface area contributed by atoms with E-state index in [-0.39, 0.29) is 29.6 Å². The smallest absolute Gasteiger partial charge is 0.259 e. The van der Waals surface area contributed by atoms with Crippen molar-refractivity contribution in [1.29, 1.82) is 0 Å². The number of fused-ring (bicyclic) bond motifs is 2. The van der Waals surface area contributed by atoms with Gasteiger partial charge in [-0.15, -0.1) is 0 Å². The van der Waals surface area contributed by atoms with E-state index < -0.39 is 0 Å². The van der Waals surface area contributed by atoms with Crippen molar-refractivity contribution >= 4 is 16.8 Å². The Morgan fingerprint density at radius 2 is 1.61 bits per heavy atom. The number of nitrogens with zero attached hydrogens (tertiary/aromatic N) is 8. The zero-order valence-electron chi connectivity index (χ0n) is 19.0. The van der Waals surface area contributed by atoms with Crippen LogP contribution in [0.5, 0.6) is 0 Å². The molecular formula is C22H30N8O. The molecule has 0 fully saturated rings. The van der Waals surface area contributed by atoms with Gasteiger partial charge in [0.1, 0.15) is 16.9 Å². The fourth-order valence-corrected chi connectivity index (χ4v) is 3.91. The van der Waals surface area contributed by atoms with Crippen molar-refractivity contribution in [2.24, 2.45) is 0 Å². The maximum absolute atomic E-state index is 12.1. The van der Waals surface area contributed by atoms with Crippen molar-refractivity contribution in [3.63, 3.8) is 0 Å². The Balaban J connectivity index is 1.49. The van der Waals surface area contributed by atoms with E-state index in [0.717, 1.165) is 35.3 Å². The summed E-state index contributed by atoms with van der Waals surface area (Å²) in [4.78, 5) is 29.9. The standard InChI is InChI=1S/C22H30N8O/c1-13(2)29-19-11-23-20(26-18(19)10-25-29)16(6)8-7-15(5)17-9-24-21-27-22(31)30(14(3)4)28(21)12-17/h9-16H,7-8H2,1-6H3. The summed E-state index contributed by atoms with van der Waals surface area (Å²) < 4.78 is 5.34. The minimum atomic E-state index is -0.269. The molecule has 0 saturated carbocycles. The van der Waals surface area contributed by atoms with Gasteiger partial charge in [0.25, 0.3) is 5.78 Å². The van der Waals surface area contributed by atoms with Gasteiger partial charge in [-0.05, 0) is 52.0 Å². The zero-order valence-corrected chi connectivity index (χ0v) is 19.0. The van der Waals surface area contributed by atoms with Crippen molar-refractivity contribution < 1.29 is 0 Å². The zero-order chi connectivity index (χ0) is 22.3. The molecule has 0 aliphatic rings. The molecule has 9 nitrogen and oxygen atoms in total. The molecule has 31 heavy (non-hydrogen) atoms. The summed E-state index contributed by atoms with van der Waals surface area (Å²) in [6.45, 7) is 12.5. The normalized spacial score (nSPS) is 14.2. The van der Waals surface area contributed by atoms with E-state index in [1.807, 2.05) is 43.3 Å². The minimum absolute atomic E-state index is 0.0157. The number of hydrogen-bond donors (Lipinski definition) is 0. The number of aromatic nitrogens is 8. The lowest BCUT2D eigenvalue weighted by molar-refractivity contribution is 0.481. The van der Waals surface area contributed by atoms with Gasteiger partial charge in [0.05, 0.1) is 18.4 Å². The molecule has 0 spiro atoms. The first-order chi connectivity index (χ1) is 14.8. The summed E-state index contributed by atoms with van der Waals surface area (Å²) in [6, 6.07) is 0.292. The van der Waals surface area contributed by atoms with E-state index in [0.29, 0.717) is 5.78 Å². The van der Waals surface area contributed by atoms with Crippen LogP contribution in [-0.4, -0.2) is 38.9 Å². The molecule has 9 heteroatoms. The Morgan fingerprint density at radius 3 is 2.32 bits per heavy atom. The molecule has 0 aliphatic heterocycles. The minimum Gasteiger partial charge on any atom is -0.259 e. The Morgan fingerprint density at radius 1 is 0.871 bits per heavy atom.